The Morgan fingerprint density at radius 1 is 1.26 bits per heavy atom. The minimum Gasteiger partial charge on any atom is -0.311 e. The van der Waals surface area contributed by atoms with Gasteiger partial charge in [0.2, 0.25) is 0 Å². The Morgan fingerprint density at radius 3 is 2.37 bits per heavy atom. The molecule has 2 saturated heterocycles. The van der Waals surface area contributed by atoms with Crippen LogP contribution in [0.4, 0.5) is 0 Å². The van der Waals surface area contributed by atoms with E-state index < -0.39 is 10.2 Å². The van der Waals surface area contributed by atoms with Crippen molar-refractivity contribution in [1.82, 2.24) is 14.3 Å². The third-order valence-electron chi connectivity index (χ3n) is 4.03. The molecule has 2 fully saturated rings. The van der Waals surface area contributed by atoms with Crippen molar-refractivity contribution in [2.75, 3.05) is 13.6 Å². The highest BCUT2D eigenvalue weighted by molar-refractivity contribution is 7.87. The molecule has 2 N–H and O–H groups in total. The molecule has 2 rings (SSSR count). The molecule has 0 aromatic heterocycles. The lowest BCUT2D eigenvalue weighted by molar-refractivity contribution is 0.337. The maximum absolute atomic E-state index is 12.1. The molecule has 0 aromatic carbocycles. The van der Waals surface area contributed by atoms with Crippen LogP contribution in [0.2, 0.25) is 0 Å². The van der Waals surface area contributed by atoms with Gasteiger partial charge >= 0.3 is 0 Å². The number of rotatable bonds is 6. The fourth-order valence-electron chi connectivity index (χ4n) is 2.96. The van der Waals surface area contributed by atoms with Crippen molar-refractivity contribution in [1.29, 1.82) is 0 Å². The molecule has 0 spiro atoms. The average molecular weight is 312 g/mol. The van der Waals surface area contributed by atoms with Crippen LogP contribution in [0.3, 0.4) is 0 Å². The second-order valence-corrected chi connectivity index (χ2v) is 7.41. The van der Waals surface area contributed by atoms with E-state index in [1.807, 2.05) is 0 Å². The van der Waals surface area contributed by atoms with Gasteiger partial charge in [-0.3, -0.25) is 0 Å². The second-order valence-electron chi connectivity index (χ2n) is 5.60. The van der Waals surface area contributed by atoms with Crippen LogP contribution in [-0.4, -0.2) is 44.4 Å². The molecule has 0 aliphatic carbocycles. The first-order valence-corrected chi connectivity index (χ1v) is 8.45. The molecular weight excluding hydrogens is 286 g/mol. The molecule has 0 radical (unpaired) electrons. The minimum atomic E-state index is -3.30. The summed E-state index contributed by atoms with van der Waals surface area (Å²) in [5.74, 6) is 0. The molecule has 2 unspecified atom stereocenters. The summed E-state index contributed by atoms with van der Waals surface area (Å²) in [6.07, 6.45) is 6.16. The average Bonchev–Trinajstić information content (AvgIpc) is 2.65. The molecule has 2 atom stereocenters. The molecule has 2 bridgehead atoms. The van der Waals surface area contributed by atoms with Crippen molar-refractivity contribution < 1.29 is 8.42 Å². The third kappa shape index (κ3) is 4.56. The predicted molar refractivity (Wildman–Crippen MR) is 79.8 cm³/mol. The lowest BCUT2D eigenvalue weighted by Gasteiger charge is -2.30. The van der Waals surface area contributed by atoms with Gasteiger partial charge in [0.15, 0.2) is 0 Å². The van der Waals surface area contributed by atoms with E-state index in [0.29, 0.717) is 18.6 Å². The predicted octanol–water partition coefficient (Wildman–Crippen LogP) is 1.26. The van der Waals surface area contributed by atoms with Gasteiger partial charge in [-0.2, -0.15) is 17.4 Å². The zero-order chi connectivity index (χ0) is 13.2. The summed E-state index contributed by atoms with van der Waals surface area (Å²) in [7, 11) is -1.64. The maximum Gasteiger partial charge on any atom is 0.279 e. The number of hydrogen-bond donors (Lipinski definition) is 2. The smallest absolute Gasteiger partial charge is 0.279 e. The Labute approximate surface area is 123 Å². The fourth-order valence-corrected chi connectivity index (χ4v) is 4.12. The number of unbranched alkanes of at least 4 members (excludes halogenated alkanes) is 1. The van der Waals surface area contributed by atoms with Gasteiger partial charge in [0.25, 0.3) is 10.2 Å². The zero-order valence-corrected chi connectivity index (χ0v) is 13.4. The third-order valence-corrected chi connectivity index (χ3v) is 5.66. The van der Waals surface area contributed by atoms with Crippen LogP contribution >= 0.6 is 12.4 Å². The summed E-state index contributed by atoms with van der Waals surface area (Å²) in [5.41, 5.74) is 0. The molecule has 19 heavy (non-hydrogen) atoms. The summed E-state index contributed by atoms with van der Waals surface area (Å²) in [6.45, 7) is 2.67. The van der Waals surface area contributed by atoms with Crippen molar-refractivity contribution in [3.8, 4) is 0 Å². The lowest BCUT2D eigenvalue weighted by atomic mass is 10.0. The van der Waals surface area contributed by atoms with Gasteiger partial charge < -0.3 is 5.32 Å². The van der Waals surface area contributed by atoms with Crippen LogP contribution in [0.5, 0.6) is 0 Å². The monoisotopic (exact) mass is 311 g/mol. The van der Waals surface area contributed by atoms with Gasteiger partial charge in [0.05, 0.1) is 0 Å². The van der Waals surface area contributed by atoms with E-state index in [2.05, 4.69) is 17.0 Å². The Hall–Kier alpha value is 0.120. The molecule has 114 valence electrons. The number of piperidine rings is 1. The molecule has 5 nitrogen and oxygen atoms in total. The molecule has 2 heterocycles. The molecule has 0 amide bonds. The first kappa shape index (κ1) is 17.2. The summed E-state index contributed by atoms with van der Waals surface area (Å²) in [6, 6.07) is 1.13. The highest BCUT2D eigenvalue weighted by atomic mass is 35.5. The van der Waals surface area contributed by atoms with Crippen LogP contribution in [0.15, 0.2) is 0 Å². The van der Waals surface area contributed by atoms with Gasteiger partial charge in [0, 0.05) is 31.7 Å². The normalized spacial score (nSPS) is 30.4. The first-order chi connectivity index (χ1) is 8.51. The van der Waals surface area contributed by atoms with Crippen molar-refractivity contribution in [2.24, 2.45) is 0 Å². The van der Waals surface area contributed by atoms with E-state index in [-0.39, 0.29) is 18.4 Å². The van der Waals surface area contributed by atoms with Crippen molar-refractivity contribution in [3.63, 3.8) is 0 Å². The lowest BCUT2D eigenvalue weighted by Crippen LogP contribution is -2.51. The fraction of sp³-hybridized carbons (Fsp3) is 1.00. The van der Waals surface area contributed by atoms with Gasteiger partial charge in [0.1, 0.15) is 0 Å². The van der Waals surface area contributed by atoms with Crippen molar-refractivity contribution >= 4 is 22.6 Å². The number of nitrogens with one attached hydrogen (secondary N) is 2. The van der Waals surface area contributed by atoms with E-state index in [1.165, 1.54) is 17.1 Å². The molecule has 0 aromatic rings. The van der Waals surface area contributed by atoms with Crippen LogP contribution < -0.4 is 10.0 Å². The van der Waals surface area contributed by atoms with Gasteiger partial charge in [-0.25, -0.2) is 0 Å². The van der Waals surface area contributed by atoms with E-state index >= 15 is 0 Å². The topological polar surface area (TPSA) is 61.4 Å². The minimum absolute atomic E-state index is 0. The van der Waals surface area contributed by atoms with Crippen molar-refractivity contribution in [2.45, 2.75) is 63.6 Å². The maximum atomic E-state index is 12.1. The van der Waals surface area contributed by atoms with Gasteiger partial charge in [-0.15, -0.1) is 12.4 Å². The quantitative estimate of drug-likeness (QED) is 0.776. The molecule has 2 aliphatic rings. The van der Waals surface area contributed by atoms with Gasteiger partial charge in [-0.1, -0.05) is 13.3 Å². The number of halogens is 1. The Bertz CT molecular complexity index is 365. The summed E-state index contributed by atoms with van der Waals surface area (Å²) in [4.78, 5) is 0. The highest BCUT2D eigenvalue weighted by Crippen LogP contribution is 2.27. The van der Waals surface area contributed by atoms with E-state index in [4.69, 9.17) is 0 Å². The van der Waals surface area contributed by atoms with Gasteiger partial charge in [-0.05, 0) is 32.1 Å². The van der Waals surface area contributed by atoms with E-state index in [9.17, 15) is 8.42 Å². The zero-order valence-electron chi connectivity index (χ0n) is 11.8. The number of nitrogens with zero attached hydrogens (tertiary/aromatic N) is 1. The Kier molecular flexibility index (Phi) is 6.53. The number of fused-ring (bicyclic) bond motifs is 2. The SMILES string of the molecule is CCCCN(C)S(=O)(=O)NC1CC2CCC(C1)N2.Cl. The Balaban J connectivity index is 0.00000180. The molecule has 0 saturated carbocycles. The standard InChI is InChI=1S/C12H25N3O2S.ClH/c1-3-4-7-15(2)18(16,17)14-12-8-10-5-6-11(9-12)13-10;/h10-14H,3-9H2,1-2H3;1H. The largest absolute Gasteiger partial charge is 0.311 e. The second kappa shape index (κ2) is 7.22. The van der Waals surface area contributed by atoms with Crippen molar-refractivity contribution in [3.05, 3.63) is 0 Å². The Morgan fingerprint density at radius 2 is 1.84 bits per heavy atom. The summed E-state index contributed by atoms with van der Waals surface area (Å²) < 4.78 is 28.6. The first-order valence-electron chi connectivity index (χ1n) is 7.01. The van der Waals surface area contributed by atoms with Crippen LogP contribution in [0.1, 0.15) is 45.4 Å². The summed E-state index contributed by atoms with van der Waals surface area (Å²) >= 11 is 0. The van der Waals surface area contributed by atoms with E-state index in [0.717, 1.165) is 25.7 Å². The van der Waals surface area contributed by atoms with Crippen LogP contribution in [0, 0.1) is 0 Å². The molecule has 7 heteroatoms. The highest BCUT2D eigenvalue weighted by Gasteiger charge is 2.35. The van der Waals surface area contributed by atoms with E-state index in [1.54, 1.807) is 7.05 Å². The number of hydrogen-bond acceptors (Lipinski definition) is 3. The van der Waals surface area contributed by atoms with Crippen LogP contribution in [-0.2, 0) is 10.2 Å². The van der Waals surface area contributed by atoms with Crippen LogP contribution in [0.25, 0.3) is 0 Å². The summed E-state index contributed by atoms with van der Waals surface area (Å²) in [5, 5.41) is 3.52. The molecule has 2 aliphatic heterocycles. The molecular formula is C12H26ClN3O2S.